The van der Waals surface area contributed by atoms with Crippen molar-refractivity contribution in [2.24, 2.45) is 0 Å². The van der Waals surface area contributed by atoms with Gasteiger partial charge in [0, 0.05) is 15.8 Å². The summed E-state index contributed by atoms with van der Waals surface area (Å²) in [5, 5.41) is 1.79. The molecule has 2 aromatic carbocycles. The Hall–Kier alpha value is -1.33. The van der Waals surface area contributed by atoms with E-state index < -0.39 is 7.14 Å². The molecular weight excluding hydrogens is 287 g/mol. The Kier molecular flexibility index (Phi) is 5.64. The Morgan fingerprint density at radius 1 is 0.864 bits per heavy atom. The summed E-state index contributed by atoms with van der Waals surface area (Å²) in [6.07, 6.45) is 4.18. The molecule has 2 rings (SSSR count). The van der Waals surface area contributed by atoms with Crippen molar-refractivity contribution >= 4 is 17.8 Å². The van der Waals surface area contributed by atoms with E-state index in [1.165, 1.54) is 0 Å². The lowest BCUT2D eigenvalue weighted by Crippen LogP contribution is -2.35. The van der Waals surface area contributed by atoms with Crippen LogP contribution in [0, 0.1) is 0 Å². The summed E-state index contributed by atoms with van der Waals surface area (Å²) < 4.78 is 14.4. The van der Waals surface area contributed by atoms with Crippen LogP contribution in [-0.2, 0) is 4.57 Å². The Labute approximate surface area is 135 Å². The van der Waals surface area contributed by atoms with Gasteiger partial charge in [-0.15, -0.1) is 0 Å². The minimum Gasteiger partial charge on any atom is -0.313 e. The maximum atomic E-state index is 14.4. The van der Waals surface area contributed by atoms with Gasteiger partial charge < -0.3 is 4.57 Å². The fourth-order valence-electron chi connectivity index (χ4n) is 3.16. The highest BCUT2D eigenvalue weighted by atomic mass is 31.2. The second kappa shape index (κ2) is 7.29. The van der Waals surface area contributed by atoms with Gasteiger partial charge in [0.15, 0.2) is 0 Å². The quantitative estimate of drug-likeness (QED) is 0.629. The molecule has 0 bridgehead atoms. The molecule has 0 aliphatic rings. The second-order valence-electron chi connectivity index (χ2n) is 6.23. The molecule has 2 heteroatoms. The topological polar surface area (TPSA) is 17.1 Å². The van der Waals surface area contributed by atoms with Crippen LogP contribution in [0.25, 0.3) is 0 Å². The smallest absolute Gasteiger partial charge is 0.148 e. The molecule has 0 fully saturated rings. The normalized spacial score (nSPS) is 14.5. The lowest BCUT2D eigenvalue weighted by atomic mass is 10.0. The monoisotopic (exact) mass is 314 g/mol. The molecule has 0 unspecified atom stereocenters. The van der Waals surface area contributed by atoms with Gasteiger partial charge in [0.2, 0.25) is 0 Å². The summed E-state index contributed by atoms with van der Waals surface area (Å²) in [6, 6.07) is 20.1. The third kappa shape index (κ3) is 3.06. The van der Waals surface area contributed by atoms with Crippen LogP contribution in [0.2, 0.25) is 0 Å². The molecule has 0 radical (unpaired) electrons. The Morgan fingerprint density at radius 2 is 1.32 bits per heavy atom. The highest BCUT2D eigenvalue weighted by Crippen LogP contribution is 2.59. The van der Waals surface area contributed by atoms with Crippen LogP contribution in [-0.4, -0.2) is 5.16 Å². The van der Waals surface area contributed by atoms with Gasteiger partial charge in [-0.2, -0.15) is 0 Å². The predicted octanol–water partition coefficient (Wildman–Crippen LogP) is 5.36. The predicted molar refractivity (Wildman–Crippen MR) is 98.0 cm³/mol. The van der Waals surface area contributed by atoms with Crippen LogP contribution in [0.5, 0.6) is 0 Å². The lowest BCUT2D eigenvalue weighted by Gasteiger charge is -2.38. The first-order valence-electron chi connectivity index (χ1n) is 8.30. The molecule has 0 saturated heterocycles. The van der Waals surface area contributed by atoms with Gasteiger partial charge in [0.05, 0.1) is 0 Å². The molecule has 0 heterocycles. The van der Waals surface area contributed by atoms with E-state index in [2.05, 4.69) is 20.8 Å². The SMILES string of the molecule is CCCC[C@](C)(CC)P(=O)(c1ccccc1)c1ccccc1. The van der Waals surface area contributed by atoms with E-state index in [4.69, 9.17) is 0 Å². The van der Waals surface area contributed by atoms with Crippen molar-refractivity contribution in [1.82, 2.24) is 0 Å². The average molecular weight is 314 g/mol. The maximum absolute atomic E-state index is 14.4. The van der Waals surface area contributed by atoms with Crippen molar-refractivity contribution in [3.63, 3.8) is 0 Å². The van der Waals surface area contributed by atoms with Crippen LogP contribution in [0.1, 0.15) is 46.5 Å². The van der Waals surface area contributed by atoms with Crippen molar-refractivity contribution in [2.75, 3.05) is 0 Å². The van der Waals surface area contributed by atoms with Gasteiger partial charge in [0.25, 0.3) is 0 Å². The summed E-state index contributed by atoms with van der Waals surface area (Å²) in [7, 11) is -2.68. The van der Waals surface area contributed by atoms with E-state index >= 15 is 0 Å². The summed E-state index contributed by atoms with van der Waals surface area (Å²) in [5.41, 5.74) is 0. The van der Waals surface area contributed by atoms with E-state index in [-0.39, 0.29) is 5.16 Å². The molecule has 0 aliphatic heterocycles. The molecule has 0 aliphatic carbocycles. The molecule has 1 atom stereocenters. The van der Waals surface area contributed by atoms with E-state index in [9.17, 15) is 4.57 Å². The van der Waals surface area contributed by atoms with Crippen molar-refractivity contribution in [3.05, 3.63) is 60.7 Å². The van der Waals surface area contributed by atoms with Crippen molar-refractivity contribution in [2.45, 2.75) is 51.6 Å². The summed E-state index contributed by atoms with van der Waals surface area (Å²) in [5.74, 6) is 0. The fourth-order valence-corrected chi connectivity index (χ4v) is 6.81. The van der Waals surface area contributed by atoms with Crippen LogP contribution in [0.4, 0.5) is 0 Å². The van der Waals surface area contributed by atoms with Crippen molar-refractivity contribution in [3.8, 4) is 0 Å². The number of benzene rings is 2. The molecule has 1 nitrogen and oxygen atoms in total. The zero-order valence-electron chi connectivity index (χ0n) is 14.0. The molecule has 22 heavy (non-hydrogen) atoms. The van der Waals surface area contributed by atoms with Crippen LogP contribution in [0.15, 0.2) is 60.7 Å². The standard InChI is InChI=1S/C20H27OP/c1-4-6-17-20(3,5-2)22(21,18-13-9-7-10-14-18)19-15-11-8-12-16-19/h7-16H,4-6,17H2,1-3H3/t20-/m0/s1. The summed E-state index contributed by atoms with van der Waals surface area (Å²) >= 11 is 0. The number of hydrogen-bond acceptors (Lipinski definition) is 1. The van der Waals surface area contributed by atoms with Crippen LogP contribution >= 0.6 is 7.14 Å². The maximum Gasteiger partial charge on any atom is 0.148 e. The number of hydrogen-bond donors (Lipinski definition) is 0. The van der Waals surface area contributed by atoms with Crippen molar-refractivity contribution in [1.29, 1.82) is 0 Å². The van der Waals surface area contributed by atoms with E-state index in [0.717, 1.165) is 36.3 Å². The number of unbranched alkanes of at least 4 members (excludes halogenated alkanes) is 1. The second-order valence-corrected chi connectivity index (χ2v) is 9.57. The molecule has 0 amide bonds. The van der Waals surface area contributed by atoms with Gasteiger partial charge in [-0.25, -0.2) is 0 Å². The first-order chi connectivity index (χ1) is 10.6. The molecule has 2 aromatic rings. The minimum absolute atomic E-state index is 0.189. The zero-order chi connectivity index (χ0) is 16.1. The van der Waals surface area contributed by atoms with E-state index in [0.29, 0.717) is 0 Å². The van der Waals surface area contributed by atoms with Gasteiger partial charge >= 0.3 is 0 Å². The largest absolute Gasteiger partial charge is 0.313 e. The number of rotatable bonds is 7. The van der Waals surface area contributed by atoms with Gasteiger partial charge in [0.1, 0.15) is 7.14 Å². The molecule has 0 saturated carbocycles. The van der Waals surface area contributed by atoms with Gasteiger partial charge in [-0.05, 0) is 12.8 Å². The van der Waals surface area contributed by atoms with Gasteiger partial charge in [-0.1, -0.05) is 94.3 Å². The minimum atomic E-state index is -2.68. The molecule has 0 aromatic heterocycles. The van der Waals surface area contributed by atoms with Crippen LogP contribution < -0.4 is 10.6 Å². The first kappa shape index (κ1) is 17.0. The van der Waals surface area contributed by atoms with Crippen molar-refractivity contribution < 1.29 is 4.57 Å². The molecule has 0 N–H and O–H groups in total. The lowest BCUT2D eigenvalue weighted by molar-refractivity contribution is 0.488. The Balaban J connectivity index is 2.63. The fraction of sp³-hybridized carbons (Fsp3) is 0.400. The summed E-state index contributed by atoms with van der Waals surface area (Å²) in [4.78, 5) is 0. The van der Waals surface area contributed by atoms with E-state index in [1.54, 1.807) is 0 Å². The highest BCUT2D eigenvalue weighted by Gasteiger charge is 2.44. The highest BCUT2D eigenvalue weighted by molar-refractivity contribution is 7.80. The third-order valence-corrected chi connectivity index (χ3v) is 8.94. The van der Waals surface area contributed by atoms with Gasteiger partial charge in [-0.3, -0.25) is 0 Å². The van der Waals surface area contributed by atoms with Crippen LogP contribution in [0.3, 0.4) is 0 Å². The Bertz CT molecular complexity index is 577. The Morgan fingerprint density at radius 3 is 1.68 bits per heavy atom. The molecular formula is C20H27OP. The molecule has 118 valence electrons. The third-order valence-electron chi connectivity index (χ3n) is 4.83. The summed E-state index contributed by atoms with van der Waals surface area (Å²) in [6.45, 7) is 6.59. The zero-order valence-corrected chi connectivity index (χ0v) is 14.9. The average Bonchev–Trinajstić information content (AvgIpc) is 2.60. The molecule has 0 spiro atoms. The first-order valence-corrected chi connectivity index (χ1v) is 10.0. The van der Waals surface area contributed by atoms with E-state index in [1.807, 2.05) is 60.7 Å².